The Morgan fingerprint density at radius 3 is 2.85 bits per heavy atom. The summed E-state index contributed by atoms with van der Waals surface area (Å²) in [6, 6.07) is 2.55. The Bertz CT molecular complexity index is 1170. The molecule has 7 nitrogen and oxygen atoms in total. The lowest BCUT2D eigenvalue weighted by atomic mass is 10.2. The van der Waals surface area contributed by atoms with Gasteiger partial charge < -0.3 is 5.32 Å². The number of H-pyrrole nitrogens is 1. The second-order valence-electron chi connectivity index (χ2n) is 5.71. The lowest BCUT2D eigenvalue weighted by Gasteiger charge is -2.14. The minimum absolute atomic E-state index is 0.00159. The molecule has 138 valence electrons. The zero-order valence-electron chi connectivity index (χ0n) is 13.7. The Morgan fingerprint density at radius 1 is 1.37 bits per heavy atom. The van der Waals surface area contributed by atoms with Crippen LogP contribution in [0.5, 0.6) is 0 Å². The Morgan fingerprint density at radius 2 is 2.19 bits per heavy atom. The van der Waals surface area contributed by atoms with E-state index in [-0.39, 0.29) is 22.1 Å². The van der Waals surface area contributed by atoms with Crippen LogP contribution in [-0.2, 0) is 0 Å². The minimum atomic E-state index is -0.603. The van der Waals surface area contributed by atoms with Gasteiger partial charge in [-0.1, -0.05) is 23.2 Å². The third-order valence-corrected chi connectivity index (χ3v) is 5.81. The zero-order valence-corrected chi connectivity index (χ0v) is 16.0. The molecule has 1 aromatic carbocycles. The average molecular weight is 425 g/mol. The van der Waals surface area contributed by atoms with Crippen LogP contribution in [0.2, 0.25) is 9.49 Å². The third kappa shape index (κ3) is 3.29. The van der Waals surface area contributed by atoms with Crippen LogP contribution >= 0.6 is 34.5 Å². The second-order valence-corrected chi connectivity index (χ2v) is 7.70. The summed E-state index contributed by atoms with van der Waals surface area (Å²) >= 11 is 13.1. The lowest BCUT2D eigenvalue weighted by molar-refractivity contribution is 0.636. The quantitative estimate of drug-likeness (QED) is 0.512. The first-order valence-corrected chi connectivity index (χ1v) is 9.29. The van der Waals surface area contributed by atoms with Crippen LogP contribution in [0.4, 0.5) is 10.1 Å². The van der Waals surface area contributed by atoms with Gasteiger partial charge in [0.2, 0.25) is 0 Å². The fraction of sp³-hybridized carbons (Fsp3) is 0.125. The van der Waals surface area contributed by atoms with Crippen molar-refractivity contribution < 1.29 is 4.39 Å². The topological polar surface area (TPSA) is 88.5 Å². The molecule has 1 unspecified atom stereocenters. The summed E-state index contributed by atoms with van der Waals surface area (Å²) in [7, 11) is 0. The number of thiazole rings is 1. The summed E-state index contributed by atoms with van der Waals surface area (Å²) in [6.45, 7) is 1.83. The number of hydrogen-bond acceptors (Lipinski definition) is 6. The number of aromatic nitrogens is 5. The van der Waals surface area contributed by atoms with Crippen LogP contribution in [0.1, 0.15) is 18.0 Å². The Kier molecular flexibility index (Phi) is 4.58. The Labute approximate surface area is 165 Å². The predicted molar refractivity (Wildman–Crippen MR) is 104 cm³/mol. The molecule has 0 aliphatic heterocycles. The summed E-state index contributed by atoms with van der Waals surface area (Å²) in [5.41, 5.74) is 0.516. The first-order chi connectivity index (χ1) is 12.9. The molecule has 0 amide bonds. The summed E-state index contributed by atoms with van der Waals surface area (Å²) in [4.78, 5) is 21.0. The molecular weight excluding hydrogens is 414 g/mol. The highest BCUT2D eigenvalue weighted by Crippen LogP contribution is 2.33. The zero-order chi connectivity index (χ0) is 19.1. The van der Waals surface area contributed by atoms with E-state index in [0.717, 1.165) is 0 Å². The van der Waals surface area contributed by atoms with E-state index in [0.29, 0.717) is 20.7 Å². The number of nitrogens with one attached hydrogen (secondary N) is 2. The smallest absolute Gasteiger partial charge is 0.266 e. The maximum atomic E-state index is 14.5. The summed E-state index contributed by atoms with van der Waals surface area (Å²) in [5.74, 6) is -0.603. The maximum absolute atomic E-state index is 14.5. The van der Waals surface area contributed by atoms with Crippen LogP contribution < -0.4 is 10.9 Å². The van der Waals surface area contributed by atoms with E-state index in [1.165, 1.54) is 34.5 Å². The molecule has 4 rings (SSSR count). The van der Waals surface area contributed by atoms with E-state index in [4.69, 9.17) is 23.2 Å². The van der Waals surface area contributed by atoms with Gasteiger partial charge in [-0.05, 0) is 19.1 Å². The molecule has 3 aromatic heterocycles. The molecule has 0 radical (unpaired) electrons. The van der Waals surface area contributed by atoms with Crippen LogP contribution in [-0.4, -0.2) is 24.7 Å². The van der Waals surface area contributed by atoms with Gasteiger partial charge >= 0.3 is 0 Å². The van der Waals surface area contributed by atoms with Gasteiger partial charge in [0.05, 0.1) is 23.3 Å². The van der Waals surface area contributed by atoms with E-state index < -0.39 is 11.4 Å². The molecule has 1 atom stereocenters. The van der Waals surface area contributed by atoms with E-state index in [9.17, 15) is 9.18 Å². The van der Waals surface area contributed by atoms with Crippen LogP contribution in [0.3, 0.4) is 0 Å². The molecular formula is C16H11Cl2FN6OS. The second kappa shape index (κ2) is 6.91. The van der Waals surface area contributed by atoms with Crippen molar-refractivity contribution in [2.75, 3.05) is 5.32 Å². The lowest BCUT2D eigenvalue weighted by Crippen LogP contribution is -2.19. The van der Waals surface area contributed by atoms with Crippen LogP contribution in [0.15, 0.2) is 35.6 Å². The van der Waals surface area contributed by atoms with Crippen molar-refractivity contribution in [1.82, 2.24) is 24.7 Å². The predicted octanol–water partition coefficient (Wildman–Crippen LogP) is 4.18. The first-order valence-electron chi connectivity index (χ1n) is 7.72. The van der Waals surface area contributed by atoms with Crippen molar-refractivity contribution >= 4 is 51.1 Å². The molecule has 0 bridgehead atoms. The highest BCUT2D eigenvalue weighted by Gasteiger charge is 2.16. The number of benzene rings is 1. The molecule has 0 aliphatic carbocycles. The molecule has 27 heavy (non-hydrogen) atoms. The van der Waals surface area contributed by atoms with Crippen molar-refractivity contribution in [1.29, 1.82) is 0 Å². The molecule has 0 saturated heterocycles. The number of nitrogens with zero attached hydrogens (tertiary/aromatic N) is 4. The van der Waals surface area contributed by atoms with Crippen LogP contribution in [0.25, 0.3) is 16.6 Å². The standard InChI is InChI=1S/C16H11Cl2FN6OS/c1-7(15-24-13(17)14(18)27-15)23-8-2-10-12(11(19)3-8)20-6-25(16(10)26)9-4-21-22-5-9/h2-7,23H,1H3,(H,21,22). The molecule has 0 fully saturated rings. The van der Waals surface area contributed by atoms with Crippen molar-refractivity contribution in [2.24, 2.45) is 0 Å². The van der Waals surface area contributed by atoms with Crippen molar-refractivity contribution in [3.8, 4) is 5.69 Å². The highest BCUT2D eigenvalue weighted by atomic mass is 35.5. The Balaban J connectivity index is 1.75. The number of fused-ring (bicyclic) bond motifs is 1. The number of aromatic amines is 1. The van der Waals surface area contributed by atoms with Gasteiger partial charge in [-0.25, -0.2) is 14.4 Å². The Hall–Kier alpha value is -2.49. The van der Waals surface area contributed by atoms with Gasteiger partial charge in [0.15, 0.2) is 11.0 Å². The van der Waals surface area contributed by atoms with E-state index >= 15 is 0 Å². The van der Waals surface area contributed by atoms with Crippen molar-refractivity contribution in [3.63, 3.8) is 0 Å². The van der Waals surface area contributed by atoms with Crippen molar-refractivity contribution in [3.05, 3.63) is 61.5 Å². The third-order valence-electron chi connectivity index (χ3n) is 3.90. The number of anilines is 1. The van der Waals surface area contributed by atoms with Gasteiger partial charge in [-0.2, -0.15) is 5.10 Å². The van der Waals surface area contributed by atoms with Gasteiger partial charge in [0, 0.05) is 11.9 Å². The number of rotatable bonds is 4. The van der Waals surface area contributed by atoms with Gasteiger partial charge in [0.1, 0.15) is 21.2 Å². The summed E-state index contributed by atoms with van der Waals surface area (Å²) in [5, 5.41) is 10.6. The molecule has 0 saturated carbocycles. The summed E-state index contributed by atoms with van der Waals surface area (Å²) < 4.78 is 16.2. The minimum Gasteiger partial charge on any atom is -0.376 e. The number of hydrogen-bond donors (Lipinski definition) is 2. The molecule has 0 aliphatic rings. The monoisotopic (exact) mass is 424 g/mol. The van der Waals surface area contributed by atoms with Gasteiger partial charge in [-0.3, -0.25) is 14.5 Å². The highest BCUT2D eigenvalue weighted by molar-refractivity contribution is 7.16. The normalized spacial score (nSPS) is 12.4. The average Bonchev–Trinajstić information content (AvgIpc) is 3.26. The van der Waals surface area contributed by atoms with E-state index in [1.54, 1.807) is 12.3 Å². The van der Waals surface area contributed by atoms with E-state index in [2.05, 4.69) is 25.5 Å². The molecule has 11 heteroatoms. The fourth-order valence-corrected chi connectivity index (χ4v) is 3.85. The largest absolute Gasteiger partial charge is 0.376 e. The van der Waals surface area contributed by atoms with Crippen molar-refractivity contribution in [2.45, 2.75) is 13.0 Å². The van der Waals surface area contributed by atoms with Gasteiger partial charge in [-0.15, -0.1) is 11.3 Å². The molecule has 4 aromatic rings. The number of halogens is 3. The molecule has 0 spiro atoms. The fourth-order valence-electron chi connectivity index (χ4n) is 2.63. The SMILES string of the molecule is CC(Nc1cc(F)c2ncn(-c3cn[nH]c3)c(=O)c2c1)c1nc(Cl)c(Cl)s1. The maximum Gasteiger partial charge on any atom is 0.266 e. The summed E-state index contributed by atoms with van der Waals surface area (Å²) in [6.07, 6.45) is 4.30. The molecule has 3 heterocycles. The van der Waals surface area contributed by atoms with E-state index in [1.807, 2.05) is 6.92 Å². The van der Waals surface area contributed by atoms with Crippen LogP contribution in [0, 0.1) is 5.82 Å². The molecule has 2 N–H and O–H groups in total. The first kappa shape index (κ1) is 17.9. The van der Waals surface area contributed by atoms with Gasteiger partial charge in [0.25, 0.3) is 5.56 Å².